The lowest BCUT2D eigenvalue weighted by molar-refractivity contribution is -0.170. The summed E-state index contributed by atoms with van der Waals surface area (Å²) in [5.41, 5.74) is -0.420. The molecule has 130 valence electrons. The number of esters is 1. The molecule has 23 heavy (non-hydrogen) atoms. The molecule has 0 bridgehead atoms. The molecule has 2 fully saturated rings. The molecule has 0 saturated heterocycles. The summed E-state index contributed by atoms with van der Waals surface area (Å²) in [6.45, 7) is 2.14. The van der Waals surface area contributed by atoms with E-state index in [2.05, 4.69) is 0 Å². The third-order valence-electron chi connectivity index (χ3n) is 5.29. The van der Waals surface area contributed by atoms with Gasteiger partial charge in [-0.3, -0.25) is 9.59 Å². The van der Waals surface area contributed by atoms with E-state index in [0.717, 1.165) is 0 Å². The monoisotopic (exact) mass is 326 g/mol. The lowest BCUT2D eigenvalue weighted by atomic mass is 9.59. The number of carbonyl (C=O) groups excluding carboxylic acids is 2. The smallest absolute Gasteiger partial charge is 0.309 e. The van der Waals surface area contributed by atoms with Crippen LogP contribution in [-0.4, -0.2) is 46.0 Å². The fourth-order valence-corrected chi connectivity index (χ4v) is 4.22. The summed E-state index contributed by atoms with van der Waals surface area (Å²) in [4.78, 5) is 24.6. The Hall–Kier alpha value is -1.40. The largest absolute Gasteiger partial charge is 0.505 e. The first-order chi connectivity index (χ1) is 11.0. The number of Topliss-reactive ketones (excluding diaryl/α,β-unsaturated/α-hetero) is 1. The molecule has 0 heterocycles. The van der Waals surface area contributed by atoms with Gasteiger partial charge in [-0.05, 0) is 24.3 Å². The molecule has 0 radical (unpaired) electrons. The molecule has 0 unspecified atom stereocenters. The predicted molar refractivity (Wildman–Crippen MR) is 82.3 cm³/mol. The van der Waals surface area contributed by atoms with Gasteiger partial charge in [0.1, 0.15) is 12.6 Å². The Balaban J connectivity index is 2.38. The second kappa shape index (κ2) is 7.45. The van der Waals surface area contributed by atoms with Crippen LogP contribution in [0.3, 0.4) is 0 Å². The van der Waals surface area contributed by atoms with Crippen molar-refractivity contribution in [3.63, 3.8) is 0 Å². The molecule has 0 spiro atoms. The molecule has 0 amide bonds. The van der Waals surface area contributed by atoms with Gasteiger partial charge >= 0.3 is 5.97 Å². The van der Waals surface area contributed by atoms with E-state index >= 15 is 0 Å². The number of fused-ring (bicyclic) bond motifs is 1. The van der Waals surface area contributed by atoms with Crippen molar-refractivity contribution in [3.8, 4) is 0 Å². The van der Waals surface area contributed by atoms with Gasteiger partial charge in [-0.2, -0.15) is 0 Å². The zero-order valence-electron chi connectivity index (χ0n) is 14.2. The van der Waals surface area contributed by atoms with Crippen LogP contribution in [0.15, 0.2) is 12.3 Å². The number of hydrogen-bond acceptors (Lipinski definition) is 6. The van der Waals surface area contributed by atoms with Crippen molar-refractivity contribution >= 4 is 11.8 Å². The molecule has 2 aliphatic carbocycles. The second-order valence-electron chi connectivity index (χ2n) is 6.52. The van der Waals surface area contributed by atoms with Crippen LogP contribution >= 0.6 is 0 Å². The minimum absolute atomic E-state index is 0.0439. The van der Waals surface area contributed by atoms with Crippen molar-refractivity contribution in [1.82, 2.24) is 0 Å². The van der Waals surface area contributed by atoms with Gasteiger partial charge in [-0.25, -0.2) is 0 Å². The van der Waals surface area contributed by atoms with Gasteiger partial charge in [-0.1, -0.05) is 6.92 Å². The highest BCUT2D eigenvalue weighted by Crippen LogP contribution is 2.56. The number of methoxy groups -OCH3 is 3. The molecule has 6 nitrogen and oxygen atoms in total. The quantitative estimate of drug-likeness (QED) is 0.422. The Morgan fingerprint density at radius 1 is 1.35 bits per heavy atom. The molecule has 2 rings (SSSR count). The summed E-state index contributed by atoms with van der Waals surface area (Å²) in [5.74, 6) is -0.602. The molecule has 0 aliphatic heterocycles. The number of carbonyl (C=O) groups is 2. The highest BCUT2D eigenvalue weighted by Gasteiger charge is 2.58. The SMILES string of the molecule is CO/C=C/[C@]12CC(=O)C[C@H]1[C@@H](C(=O)OC)[C@H](C)[C@H](OCOC)C2. The van der Waals surface area contributed by atoms with E-state index in [0.29, 0.717) is 19.3 Å². The summed E-state index contributed by atoms with van der Waals surface area (Å²) in [6, 6.07) is 0. The van der Waals surface area contributed by atoms with Crippen molar-refractivity contribution in [2.24, 2.45) is 23.2 Å². The van der Waals surface area contributed by atoms with E-state index in [1.54, 1.807) is 20.5 Å². The molecule has 0 aromatic heterocycles. The number of allylic oxidation sites excluding steroid dienone is 1. The first-order valence-electron chi connectivity index (χ1n) is 7.89. The summed E-state index contributed by atoms with van der Waals surface area (Å²) >= 11 is 0. The maximum absolute atomic E-state index is 12.4. The highest BCUT2D eigenvalue weighted by atomic mass is 16.7. The average molecular weight is 326 g/mol. The van der Waals surface area contributed by atoms with Crippen LogP contribution < -0.4 is 0 Å². The molecule has 0 aromatic rings. The van der Waals surface area contributed by atoms with E-state index in [1.165, 1.54) is 7.11 Å². The van der Waals surface area contributed by atoms with E-state index in [9.17, 15) is 9.59 Å². The van der Waals surface area contributed by atoms with Gasteiger partial charge in [0, 0.05) is 25.4 Å². The highest BCUT2D eigenvalue weighted by molar-refractivity contribution is 5.85. The van der Waals surface area contributed by atoms with Gasteiger partial charge in [-0.15, -0.1) is 0 Å². The molecule has 0 N–H and O–H groups in total. The van der Waals surface area contributed by atoms with Crippen molar-refractivity contribution in [2.45, 2.75) is 32.3 Å². The van der Waals surface area contributed by atoms with Gasteiger partial charge in [0.2, 0.25) is 0 Å². The minimum Gasteiger partial charge on any atom is -0.505 e. The van der Waals surface area contributed by atoms with Gasteiger partial charge in [0.05, 0.1) is 32.5 Å². The average Bonchev–Trinajstić information content (AvgIpc) is 2.86. The summed E-state index contributed by atoms with van der Waals surface area (Å²) in [6.07, 6.45) is 4.82. The number of rotatable bonds is 6. The number of hydrogen-bond donors (Lipinski definition) is 0. The maximum Gasteiger partial charge on any atom is 0.309 e. The Morgan fingerprint density at radius 3 is 2.70 bits per heavy atom. The molecular formula is C17H26O6. The van der Waals surface area contributed by atoms with E-state index in [1.807, 2.05) is 13.0 Å². The zero-order valence-corrected chi connectivity index (χ0v) is 14.2. The first kappa shape index (κ1) is 17.9. The van der Waals surface area contributed by atoms with Crippen molar-refractivity contribution < 1.29 is 28.5 Å². The Bertz CT molecular complexity index is 474. The Labute approximate surface area is 137 Å². The van der Waals surface area contributed by atoms with Crippen molar-refractivity contribution in [2.75, 3.05) is 28.1 Å². The minimum atomic E-state index is -0.420. The molecule has 2 aliphatic rings. The lowest BCUT2D eigenvalue weighted by Crippen LogP contribution is -2.50. The van der Waals surface area contributed by atoms with E-state index < -0.39 is 5.41 Å². The third-order valence-corrected chi connectivity index (χ3v) is 5.29. The standard InChI is InChI=1S/C17H26O6/c1-11-14(23-10-21-3)9-17(5-6-20-2)8-12(18)7-13(17)15(11)16(19)22-4/h5-6,11,13-15H,7-10H2,1-4H3/b6-5+/t11-,13+,14-,15+,17-/m1/s1. The molecule has 0 aromatic carbocycles. The van der Waals surface area contributed by atoms with Gasteiger partial charge in [0.25, 0.3) is 0 Å². The topological polar surface area (TPSA) is 71.1 Å². The summed E-state index contributed by atoms with van der Waals surface area (Å²) in [7, 11) is 4.52. The van der Waals surface area contributed by atoms with E-state index in [-0.39, 0.29) is 42.4 Å². The molecule has 6 heteroatoms. The van der Waals surface area contributed by atoms with Crippen molar-refractivity contribution in [3.05, 3.63) is 12.3 Å². The Kier molecular flexibility index (Phi) is 5.81. The molecule has 5 atom stereocenters. The zero-order chi connectivity index (χ0) is 17.0. The van der Waals surface area contributed by atoms with Gasteiger partial charge in [0.15, 0.2) is 0 Å². The van der Waals surface area contributed by atoms with Crippen LogP contribution in [0.5, 0.6) is 0 Å². The summed E-state index contributed by atoms with van der Waals surface area (Å²) < 4.78 is 20.9. The lowest BCUT2D eigenvalue weighted by Gasteiger charge is -2.47. The first-order valence-corrected chi connectivity index (χ1v) is 7.89. The fourth-order valence-electron chi connectivity index (χ4n) is 4.22. The number of ether oxygens (including phenoxy) is 4. The molecule has 2 saturated carbocycles. The van der Waals surface area contributed by atoms with Crippen molar-refractivity contribution in [1.29, 1.82) is 0 Å². The molecular weight excluding hydrogens is 300 g/mol. The van der Waals surface area contributed by atoms with Gasteiger partial charge < -0.3 is 18.9 Å². The van der Waals surface area contributed by atoms with Crippen LogP contribution in [0.4, 0.5) is 0 Å². The Morgan fingerprint density at radius 2 is 2.09 bits per heavy atom. The van der Waals surface area contributed by atoms with Crippen LogP contribution in [-0.2, 0) is 28.5 Å². The van der Waals surface area contributed by atoms with Crippen LogP contribution in [0.1, 0.15) is 26.2 Å². The predicted octanol–water partition coefficient (Wildman–Crippen LogP) is 1.93. The fraction of sp³-hybridized carbons (Fsp3) is 0.765. The van der Waals surface area contributed by atoms with Crippen LogP contribution in [0.25, 0.3) is 0 Å². The summed E-state index contributed by atoms with van der Waals surface area (Å²) in [5, 5.41) is 0. The third kappa shape index (κ3) is 3.43. The van der Waals surface area contributed by atoms with Crippen LogP contribution in [0.2, 0.25) is 0 Å². The maximum atomic E-state index is 12.4. The number of ketones is 1. The van der Waals surface area contributed by atoms with Crippen LogP contribution in [0, 0.1) is 23.2 Å². The normalized spacial score (nSPS) is 37.0. The van der Waals surface area contributed by atoms with E-state index in [4.69, 9.17) is 18.9 Å². The second-order valence-corrected chi connectivity index (χ2v) is 6.52.